The van der Waals surface area contributed by atoms with Crippen LogP contribution in [-0.2, 0) is 7.05 Å². The molecule has 3 heterocycles. The SMILES string of the molecule is Cc1nc2c(cc1C(=O)N1CCC(C)(CN)C1)c(C)nn2C. The predicted octanol–water partition coefficient (Wildman–Crippen LogP) is 1.40. The molecular weight excluding hydrogens is 278 g/mol. The minimum absolute atomic E-state index is 0.0330. The lowest BCUT2D eigenvalue weighted by molar-refractivity contribution is 0.0776. The fourth-order valence-electron chi connectivity index (χ4n) is 3.18. The highest BCUT2D eigenvalue weighted by Crippen LogP contribution is 2.30. The smallest absolute Gasteiger partial charge is 0.255 e. The first-order valence-electron chi connectivity index (χ1n) is 7.65. The molecule has 118 valence electrons. The summed E-state index contributed by atoms with van der Waals surface area (Å²) in [6, 6.07) is 1.93. The van der Waals surface area contributed by atoms with Crippen molar-refractivity contribution in [2.75, 3.05) is 19.6 Å². The molecule has 6 nitrogen and oxygen atoms in total. The highest BCUT2D eigenvalue weighted by atomic mass is 16.2. The molecule has 2 N–H and O–H groups in total. The Morgan fingerprint density at radius 2 is 2.14 bits per heavy atom. The Hall–Kier alpha value is -1.95. The van der Waals surface area contributed by atoms with E-state index in [2.05, 4.69) is 17.0 Å². The summed E-state index contributed by atoms with van der Waals surface area (Å²) in [5.41, 5.74) is 9.01. The van der Waals surface area contributed by atoms with Gasteiger partial charge in [0.15, 0.2) is 5.65 Å². The molecule has 1 atom stereocenters. The second-order valence-corrected chi connectivity index (χ2v) is 6.69. The van der Waals surface area contributed by atoms with Gasteiger partial charge in [-0.1, -0.05) is 6.92 Å². The number of rotatable bonds is 2. The second-order valence-electron chi connectivity index (χ2n) is 6.69. The lowest BCUT2D eigenvalue weighted by atomic mass is 9.90. The molecule has 0 aromatic carbocycles. The molecule has 22 heavy (non-hydrogen) atoms. The van der Waals surface area contributed by atoms with Gasteiger partial charge in [0.2, 0.25) is 0 Å². The average Bonchev–Trinajstić information content (AvgIpc) is 3.00. The molecular formula is C16H23N5O. The fraction of sp³-hybridized carbons (Fsp3) is 0.562. The second kappa shape index (κ2) is 5.05. The molecule has 1 aliphatic heterocycles. The van der Waals surface area contributed by atoms with Gasteiger partial charge in [0.1, 0.15) is 0 Å². The largest absolute Gasteiger partial charge is 0.338 e. The Labute approximate surface area is 130 Å². The molecule has 1 fully saturated rings. The van der Waals surface area contributed by atoms with Crippen LogP contribution in [0.15, 0.2) is 6.07 Å². The van der Waals surface area contributed by atoms with Crippen LogP contribution in [0.3, 0.4) is 0 Å². The molecule has 0 radical (unpaired) electrons. The van der Waals surface area contributed by atoms with E-state index in [1.807, 2.05) is 31.9 Å². The first-order valence-corrected chi connectivity index (χ1v) is 7.65. The van der Waals surface area contributed by atoms with Crippen LogP contribution in [0.1, 0.15) is 35.1 Å². The van der Waals surface area contributed by atoms with Crippen molar-refractivity contribution in [2.24, 2.45) is 18.2 Å². The van der Waals surface area contributed by atoms with Gasteiger partial charge in [0.25, 0.3) is 5.91 Å². The maximum absolute atomic E-state index is 12.9. The van der Waals surface area contributed by atoms with Crippen LogP contribution in [0.25, 0.3) is 11.0 Å². The number of nitrogens with zero attached hydrogens (tertiary/aromatic N) is 4. The standard InChI is InChI=1S/C16H23N5O/c1-10-13(7-12-11(2)19-20(4)14(12)18-10)15(22)21-6-5-16(3,8-17)9-21/h7H,5-6,8-9,17H2,1-4H3. The highest BCUT2D eigenvalue weighted by molar-refractivity contribution is 5.98. The monoisotopic (exact) mass is 301 g/mol. The van der Waals surface area contributed by atoms with Crippen LogP contribution in [0, 0.1) is 19.3 Å². The molecule has 0 bridgehead atoms. The number of pyridine rings is 1. The van der Waals surface area contributed by atoms with Gasteiger partial charge in [-0.3, -0.25) is 9.48 Å². The Morgan fingerprint density at radius 3 is 2.77 bits per heavy atom. The number of nitrogens with two attached hydrogens (primary N) is 1. The summed E-state index contributed by atoms with van der Waals surface area (Å²) < 4.78 is 1.76. The van der Waals surface area contributed by atoms with Crippen molar-refractivity contribution in [3.05, 3.63) is 23.0 Å². The van der Waals surface area contributed by atoms with Crippen molar-refractivity contribution < 1.29 is 4.79 Å². The molecule has 2 aromatic rings. The van der Waals surface area contributed by atoms with Crippen LogP contribution in [0.4, 0.5) is 0 Å². The maximum atomic E-state index is 12.9. The fourth-order valence-corrected chi connectivity index (χ4v) is 3.18. The van der Waals surface area contributed by atoms with Crippen molar-refractivity contribution in [2.45, 2.75) is 27.2 Å². The van der Waals surface area contributed by atoms with Crippen LogP contribution in [0.2, 0.25) is 0 Å². The van der Waals surface area contributed by atoms with Crippen molar-refractivity contribution in [1.29, 1.82) is 0 Å². The Kier molecular flexibility index (Phi) is 3.44. The number of hydrogen-bond donors (Lipinski definition) is 1. The molecule has 0 aliphatic carbocycles. The summed E-state index contributed by atoms with van der Waals surface area (Å²) in [7, 11) is 1.87. The minimum atomic E-state index is 0.0330. The number of carbonyl (C=O) groups is 1. The molecule has 1 amide bonds. The molecule has 0 saturated carbocycles. The predicted molar refractivity (Wildman–Crippen MR) is 85.7 cm³/mol. The number of likely N-dealkylation sites (tertiary alicyclic amines) is 1. The maximum Gasteiger partial charge on any atom is 0.255 e. The Bertz CT molecular complexity index is 751. The van der Waals surface area contributed by atoms with Gasteiger partial charge in [0.05, 0.1) is 17.0 Å². The summed E-state index contributed by atoms with van der Waals surface area (Å²) in [6.07, 6.45) is 0.954. The van der Waals surface area contributed by atoms with Crippen LogP contribution >= 0.6 is 0 Å². The van der Waals surface area contributed by atoms with Gasteiger partial charge in [0, 0.05) is 25.5 Å². The molecule has 1 saturated heterocycles. The van der Waals surface area contributed by atoms with Crippen molar-refractivity contribution >= 4 is 16.9 Å². The van der Waals surface area contributed by atoms with Crippen molar-refractivity contribution in [3.63, 3.8) is 0 Å². The molecule has 3 rings (SSSR count). The minimum Gasteiger partial charge on any atom is -0.338 e. The lowest BCUT2D eigenvalue weighted by Crippen LogP contribution is -2.34. The summed E-state index contributed by atoms with van der Waals surface area (Å²) in [5.74, 6) is 0.0485. The zero-order valence-corrected chi connectivity index (χ0v) is 13.7. The first-order chi connectivity index (χ1) is 10.3. The van der Waals surface area contributed by atoms with E-state index in [-0.39, 0.29) is 11.3 Å². The lowest BCUT2D eigenvalue weighted by Gasteiger charge is -2.23. The number of aromatic nitrogens is 3. The summed E-state index contributed by atoms with van der Waals surface area (Å²) in [5, 5.41) is 5.32. The van der Waals surface area contributed by atoms with E-state index >= 15 is 0 Å². The van der Waals surface area contributed by atoms with E-state index in [0.29, 0.717) is 18.7 Å². The summed E-state index contributed by atoms with van der Waals surface area (Å²) >= 11 is 0. The average molecular weight is 301 g/mol. The van der Waals surface area contributed by atoms with E-state index in [0.717, 1.165) is 35.4 Å². The van der Waals surface area contributed by atoms with Gasteiger partial charge in [-0.05, 0) is 38.3 Å². The van der Waals surface area contributed by atoms with Crippen molar-refractivity contribution in [3.8, 4) is 0 Å². The number of aryl methyl sites for hydroxylation is 3. The number of hydrogen-bond acceptors (Lipinski definition) is 4. The Morgan fingerprint density at radius 1 is 1.41 bits per heavy atom. The van der Waals surface area contributed by atoms with Gasteiger partial charge in [-0.25, -0.2) is 4.98 Å². The van der Waals surface area contributed by atoms with Crippen molar-refractivity contribution in [1.82, 2.24) is 19.7 Å². The zero-order chi connectivity index (χ0) is 16.1. The summed E-state index contributed by atoms with van der Waals surface area (Å²) in [4.78, 5) is 19.3. The van der Waals surface area contributed by atoms with Crippen LogP contribution < -0.4 is 5.73 Å². The third kappa shape index (κ3) is 2.27. The summed E-state index contributed by atoms with van der Waals surface area (Å²) in [6.45, 7) is 8.04. The molecule has 0 spiro atoms. The number of fused-ring (bicyclic) bond motifs is 1. The highest BCUT2D eigenvalue weighted by Gasteiger charge is 2.35. The molecule has 1 unspecified atom stereocenters. The van der Waals surface area contributed by atoms with E-state index in [9.17, 15) is 4.79 Å². The van der Waals surface area contributed by atoms with E-state index < -0.39 is 0 Å². The van der Waals surface area contributed by atoms with E-state index in [1.54, 1.807) is 4.68 Å². The third-order valence-corrected chi connectivity index (χ3v) is 4.76. The molecule has 1 aliphatic rings. The first kappa shape index (κ1) is 15.0. The third-order valence-electron chi connectivity index (χ3n) is 4.76. The topological polar surface area (TPSA) is 77.0 Å². The van der Waals surface area contributed by atoms with Crippen LogP contribution in [0.5, 0.6) is 0 Å². The Balaban J connectivity index is 1.98. The molecule has 2 aromatic heterocycles. The van der Waals surface area contributed by atoms with Gasteiger partial charge < -0.3 is 10.6 Å². The quantitative estimate of drug-likeness (QED) is 0.909. The van der Waals surface area contributed by atoms with E-state index in [4.69, 9.17) is 5.73 Å². The van der Waals surface area contributed by atoms with Gasteiger partial charge in [-0.2, -0.15) is 5.10 Å². The zero-order valence-electron chi connectivity index (χ0n) is 13.7. The number of amides is 1. The van der Waals surface area contributed by atoms with E-state index in [1.165, 1.54) is 0 Å². The number of carbonyl (C=O) groups excluding carboxylic acids is 1. The molecule has 6 heteroatoms. The van der Waals surface area contributed by atoms with Gasteiger partial charge >= 0.3 is 0 Å². The normalized spacial score (nSPS) is 21.8. The van der Waals surface area contributed by atoms with Gasteiger partial charge in [-0.15, -0.1) is 0 Å². The van der Waals surface area contributed by atoms with Crippen LogP contribution in [-0.4, -0.2) is 45.2 Å².